The highest BCUT2D eigenvalue weighted by Crippen LogP contribution is 2.36. The van der Waals surface area contributed by atoms with E-state index in [-0.39, 0.29) is 17.9 Å². The third-order valence-corrected chi connectivity index (χ3v) is 5.19. The van der Waals surface area contributed by atoms with Crippen molar-refractivity contribution in [1.29, 1.82) is 0 Å². The number of carbonyl (C=O) groups is 2. The van der Waals surface area contributed by atoms with Crippen LogP contribution in [0, 0.1) is 0 Å². The van der Waals surface area contributed by atoms with E-state index in [0.29, 0.717) is 25.9 Å². The molecule has 1 atom stereocenters. The smallest absolute Gasteiger partial charge is 0.250 e. The van der Waals surface area contributed by atoms with E-state index in [4.69, 9.17) is 0 Å². The predicted octanol–water partition coefficient (Wildman–Crippen LogP) is 1.87. The first-order valence-corrected chi connectivity index (χ1v) is 8.56. The first kappa shape index (κ1) is 15.7. The van der Waals surface area contributed by atoms with Crippen molar-refractivity contribution in [3.05, 3.63) is 42.7 Å². The number of para-hydroxylation sites is 2. The Morgan fingerprint density at radius 3 is 2.60 bits per heavy atom. The zero-order valence-corrected chi connectivity index (χ0v) is 14.1. The van der Waals surface area contributed by atoms with Crippen molar-refractivity contribution in [2.24, 2.45) is 0 Å². The highest BCUT2D eigenvalue weighted by molar-refractivity contribution is 6.06. The van der Waals surface area contributed by atoms with E-state index >= 15 is 0 Å². The molecule has 130 valence electrons. The Labute approximate surface area is 146 Å². The largest absolute Gasteiger partial charge is 0.369 e. The molecule has 3 heterocycles. The summed E-state index contributed by atoms with van der Waals surface area (Å²) in [6.07, 6.45) is 4.64. The maximum atomic E-state index is 12.7. The summed E-state index contributed by atoms with van der Waals surface area (Å²) < 4.78 is 1.66. The van der Waals surface area contributed by atoms with Crippen molar-refractivity contribution in [1.82, 2.24) is 14.7 Å². The molecule has 4 rings (SSSR count). The molecule has 1 aromatic carbocycles. The number of carbonyl (C=O) groups excluding carboxylic acids is 2. The number of piperidine rings is 1. The molecule has 7 nitrogen and oxygen atoms in total. The first-order valence-electron chi connectivity index (χ1n) is 8.56. The highest BCUT2D eigenvalue weighted by atomic mass is 16.2. The second-order valence-corrected chi connectivity index (χ2v) is 6.69. The summed E-state index contributed by atoms with van der Waals surface area (Å²) in [7, 11) is 0. The summed E-state index contributed by atoms with van der Waals surface area (Å²) in [5, 5.41) is 10.5. The van der Waals surface area contributed by atoms with Gasteiger partial charge in [0.15, 0.2) is 0 Å². The first-order chi connectivity index (χ1) is 12.1. The lowest BCUT2D eigenvalue weighted by Gasteiger charge is -2.44. The van der Waals surface area contributed by atoms with E-state index in [0.717, 1.165) is 11.4 Å². The molecule has 2 aliphatic rings. The van der Waals surface area contributed by atoms with Gasteiger partial charge in [-0.25, -0.2) is 0 Å². The molecule has 2 aromatic rings. The van der Waals surface area contributed by atoms with Gasteiger partial charge in [0, 0.05) is 25.5 Å². The fourth-order valence-corrected chi connectivity index (χ4v) is 3.61. The quantitative estimate of drug-likeness (QED) is 0.875. The minimum atomic E-state index is -0.639. The molecule has 1 aromatic heterocycles. The molecule has 2 amide bonds. The van der Waals surface area contributed by atoms with E-state index < -0.39 is 5.54 Å². The number of amides is 2. The van der Waals surface area contributed by atoms with Crippen molar-refractivity contribution >= 4 is 23.2 Å². The highest BCUT2D eigenvalue weighted by Gasteiger charge is 2.45. The van der Waals surface area contributed by atoms with Gasteiger partial charge in [-0.05, 0) is 38.0 Å². The van der Waals surface area contributed by atoms with Crippen LogP contribution < -0.4 is 10.6 Å². The zero-order chi connectivity index (χ0) is 17.4. The van der Waals surface area contributed by atoms with Crippen molar-refractivity contribution < 1.29 is 9.59 Å². The second kappa shape index (κ2) is 5.91. The predicted molar refractivity (Wildman–Crippen MR) is 94.2 cm³/mol. The number of fused-ring (bicyclic) bond motifs is 1. The van der Waals surface area contributed by atoms with Crippen LogP contribution in [0.5, 0.6) is 0 Å². The Hall–Kier alpha value is -2.83. The van der Waals surface area contributed by atoms with Crippen molar-refractivity contribution in [3.63, 3.8) is 0 Å². The molecule has 25 heavy (non-hydrogen) atoms. The van der Waals surface area contributed by atoms with Crippen molar-refractivity contribution in [2.75, 3.05) is 23.7 Å². The van der Waals surface area contributed by atoms with E-state index in [2.05, 4.69) is 15.7 Å². The molecular formula is C18H21N5O2. The van der Waals surface area contributed by atoms with E-state index in [9.17, 15) is 9.59 Å². The third kappa shape index (κ3) is 2.65. The zero-order valence-electron chi connectivity index (χ0n) is 14.1. The molecule has 0 radical (unpaired) electrons. The number of likely N-dealkylation sites (tertiary alicyclic amines) is 1. The number of anilines is 2. The van der Waals surface area contributed by atoms with Crippen LogP contribution in [0.15, 0.2) is 42.7 Å². The molecular weight excluding hydrogens is 318 g/mol. The lowest BCUT2D eigenvalue weighted by molar-refractivity contribution is -0.137. The number of nitrogens with one attached hydrogen (secondary N) is 2. The molecule has 2 N–H and O–H groups in total. The van der Waals surface area contributed by atoms with Gasteiger partial charge >= 0.3 is 0 Å². The molecule has 2 aliphatic heterocycles. The average molecular weight is 339 g/mol. The number of aromatic nitrogens is 2. The molecule has 1 spiro atoms. The lowest BCUT2D eigenvalue weighted by Crippen LogP contribution is -2.59. The van der Waals surface area contributed by atoms with Gasteiger partial charge in [0.05, 0.1) is 11.4 Å². The number of hydrogen-bond donors (Lipinski definition) is 2. The van der Waals surface area contributed by atoms with Gasteiger partial charge in [-0.15, -0.1) is 0 Å². The van der Waals surface area contributed by atoms with E-state index in [1.54, 1.807) is 17.1 Å². The third-order valence-electron chi connectivity index (χ3n) is 5.19. The Morgan fingerprint density at radius 2 is 1.92 bits per heavy atom. The maximum Gasteiger partial charge on any atom is 0.250 e. The summed E-state index contributed by atoms with van der Waals surface area (Å²) in [4.78, 5) is 27.2. The van der Waals surface area contributed by atoms with Crippen LogP contribution in [0.3, 0.4) is 0 Å². The Kier molecular flexibility index (Phi) is 3.71. The van der Waals surface area contributed by atoms with E-state index in [1.165, 1.54) is 0 Å². The summed E-state index contributed by atoms with van der Waals surface area (Å²) in [5.74, 6) is 0.0218. The minimum Gasteiger partial charge on any atom is -0.369 e. The normalized spacial score (nSPS) is 19.7. The SMILES string of the molecule is C[C@@H](C(=O)N1CCC2(CC1)Nc1ccccc1NC2=O)n1cccn1. The lowest BCUT2D eigenvalue weighted by atomic mass is 9.84. The van der Waals surface area contributed by atoms with Crippen LogP contribution in [0.25, 0.3) is 0 Å². The molecule has 0 unspecified atom stereocenters. The van der Waals surface area contributed by atoms with Crippen molar-refractivity contribution in [2.45, 2.75) is 31.3 Å². The van der Waals surface area contributed by atoms with Gasteiger partial charge in [-0.1, -0.05) is 12.1 Å². The Bertz CT molecular complexity index is 794. The molecule has 1 saturated heterocycles. The van der Waals surface area contributed by atoms with Gasteiger partial charge in [-0.2, -0.15) is 5.10 Å². The van der Waals surface area contributed by atoms with Crippen LogP contribution in [-0.4, -0.2) is 45.1 Å². The van der Waals surface area contributed by atoms with Crippen LogP contribution in [-0.2, 0) is 9.59 Å². The second-order valence-electron chi connectivity index (χ2n) is 6.69. The van der Waals surface area contributed by atoms with E-state index in [1.807, 2.05) is 42.2 Å². The number of benzene rings is 1. The molecule has 0 saturated carbocycles. The Morgan fingerprint density at radius 1 is 1.20 bits per heavy atom. The number of nitrogens with zero attached hydrogens (tertiary/aromatic N) is 3. The summed E-state index contributed by atoms with van der Waals surface area (Å²) in [6.45, 7) is 2.95. The van der Waals surface area contributed by atoms with Gasteiger partial charge < -0.3 is 15.5 Å². The molecule has 1 fully saturated rings. The minimum absolute atomic E-state index is 0.0153. The van der Waals surface area contributed by atoms with Crippen LogP contribution in [0.2, 0.25) is 0 Å². The molecule has 7 heteroatoms. The summed E-state index contributed by atoms with van der Waals surface area (Å²) in [6, 6.07) is 9.17. The number of hydrogen-bond acceptors (Lipinski definition) is 4. The van der Waals surface area contributed by atoms with Gasteiger partial charge in [-0.3, -0.25) is 14.3 Å². The topological polar surface area (TPSA) is 79.3 Å². The summed E-state index contributed by atoms with van der Waals surface area (Å²) in [5.41, 5.74) is 1.11. The van der Waals surface area contributed by atoms with Gasteiger partial charge in [0.1, 0.15) is 11.6 Å². The van der Waals surface area contributed by atoms with Crippen LogP contribution in [0.1, 0.15) is 25.8 Å². The van der Waals surface area contributed by atoms with Crippen LogP contribution in [0.4, 0.5) is 11.4 Å². The van der Waals surface area contributed by atoms with Crippen LogP contribution >= 0.6 is 0 Å². The van der Waals surface area contributed by atoms with Gasteiger partial charge in [0.25, 0.3) is 0 Å². The molecule has 0 aliphatic carbocycles. The van der Waals surface area contributed by atoms with Crippen molar-refractivity contribution in [3.8, 4) is 0 Å². The monoisotopic (exact) mass is 339 g/mol. The van der Waals surface area contributed by atoms with Gasteiger partial charge in [0.2, 0.25) is 11.8 Å². The standard InChI is InChI=1S/C18H21N5O2/c1-13(23-10-4-9-19-23)16(24)22-11-7-18(8-12-22)17(25)20-14-5-2-3-6-15(14)21-18/h2-6,9-10,13,21H,7-8,11-12H2,1H3,(H,20,25)/t13-/m0/s1. The fourth-order valence-electron chi connectivity index (χ4n) is 3.61. The Balaban J connectivity index is 1.46. The fraction of sp³-hybridized carbons (Fsp3) is 0.389. The number of rotatable bonds is 2. The summed E-state index contributed by atoms with van der Waals surface area (Å²) >= 11 is 0. The average Bonchev–Trinajstić information content (AvgIpc) is 3.17. The maximum absolute atomic E-state index is 12.7. The molecule has 0 bridgehead atoms.